The van der Waals surface area contributed by atoms with E-state index in [1.165, 1.54) is 0 Å². The topological polar surface area (TPSA) is 65.8 Å². The van der Waals surface area contributed by atoms with Crippen molar-refractivity contribution in [3.8, 4) is 6.08 Å². The number of hydrogen-bond donors (Lipinski definition) is 1. The van der Waals surface area contributed by atoms with E-state index in [0.29, 0.717) is 33.0 Å². The Kier molecular flexibility index (Phi) is 6.55. The van der Waals surface area contributed by atoms with Gasteiger partial charge in [0.2, 0.25) is 0 Å². The van der Waals surface area contributed by atoms with Crippen LogP contribution in [0, 0.1) is 0 Å². The molecule has 16 heavy (non-hydrogen) atoms. The SMILES string of the molecule is CNCc1coc(OCCOCCOC)n1. The molecular weight excluding hydrogens is 212 g/mol. The Morgan fingerprint density at radius 1 is 1.31 bits per heavy atom. The van der Waals surface area contributed by atoms with Crippen LogP contribution in [0.1, 0.15) is 5.69 Å². The van der Waals surface area contributed by atoms with Gasteiger partial charge in [-0.3, -0.25) is 0 Å². The van der Waals surface area contributed by atoms with E-state index in [1.54, 1.807) is 13.4 Å². The van der Waals surface area contributed by atoms with E-state index in [4.69, 9.17) is 18.6 Å². The second-order valence-electron chi connectivity index (χ2n) is 3.09. The van der Waals surface area contributed by atoms with Crippen molar-refractivity contribution >= 4 is 0 Å². The van der Waals surface area contributed by atoms with Gasteiger partial charge in [-0.1, -0.05) is 0 Å². The van der Waals surface area contributed by atoms with Crippen molar-refractivity contribution in [2.24, 2.45) is 0 Å². The third kappa shape index (κ3) is 5.11. The third-order valence-corrected chi connectivity index (χ3v) is 1.77. The first-order valence-electron chi connectivity index (χ1n) is 5.15. The summed E-state index contributed by atoms with van der Waals surface area (Å²) < 4.78 is 20.4. The lowest BCUT2D eigenvalue weighted by atomic mass is 10.5. The minimum absolute atomic E-state index is 0.278. The second-order valence-corrected chi connectivity index (χ2v) is 3.09. The standard InChI is InChI=1S/C10H18N2O4/c1-11-7-9-8-16-10(12-9)15-6-5-14-4-3-13-2/h8,11H,3-7H2,1-2H3. The molecule has 0 aromatic carbocycles. The maximum atomic E-state index is 5.24. The Balaban J connectivity index is 2.07. The van der Waals surface area contributed by atoms with Gasteiger partial charge in [0.15, 0.2) is 0 Å². The number of nitrogens with one attached hydrogen (secondary N) is 1. The minimum Gasteiger partial charge on any atom is -0.448 e. The van der Waals surface area contributed by atoms with E-state index in [-0.39, 0.29) is 6.08 Å². The molecule has 1 N–H and O–H groups in total. The molecule has 1 heterocycles. The molecule has 0 fully saturated rings. The Morgan fingerprint density at radius 2 is 2.12 bits per heavy atom. The van der Waals surface area contributed by atoms with Gasteiger partial charge in [-0.15, -0.1) is 0 Å². The van der Waals surface area contributed by atoms with Crippen molar-refractivity contribution < 1.29 is 18.6 Å². The van der Waals surface area contributed by atoms with Crippen molar-refractivity contribution in [3.63, 3.8) is 0 Å². The summed E-state index contributed by atoms with van der Waals surface area (Å²) in [6.07, 6.45) is 1.85. The summed E-state index contributed by atoms with van der Waals surface area (Å²) >= 11 is 0. The summed E-state index contributed by atoms with van der Waals surface area (Å²) in [5.41, 5.74) is 0.817. The summed E-state index contributed by atoms with van der Waals surface area (Å²) in [6, 6.07) is 0. The zero-order chi connectivity index (χ0) is 11.6. The molecule has 1 rings (SSSR count). The van der Waals surface area contributed by atoms with Crippen molar-refractivity contribution in [3.05, 3.63) is 12.0 Å². The molecule has 0 aliphatic carbocycles. The maximum absolute atomic E-state index is 5.24. The molecule has 0 radical (unpaired) electrons. The van der Waals surface area contributed by atoms with Gasteiger partial charge in [0.1, 0.15) is 12.9 Å². The quantitative estimate of drug-likeness (QED) is 0.621. The van der Waals surface area contributed by atoms with Gasteiger partial charge in [0.25, 0.3) is 0 Å². The molecule has 6 heteroatoms. The van der Waals surface area contributed by atoms with Crippen LogP contribution < -0.4 is 10.1 Å². The average molecular weight is 230 g/mol. The number of nitrogens with zero attached hydrogens (tertiary/aromatic N) is 1. The van der Waals surface area contributed by atoms with Gasteiger partial charge in [0.05, 0.1) is 25.5 Å². The first-order chi connectivity index (χ1) is 7.86. The Labute approximate surface area is 94.9 Å². The van der Waals surface area contributed by atoms with Crippen LogP contribution in [0.5, 0.6) is 6.08 Å². The zero-order valence-corrected chi connectivity index (χ0v) is 9.69. The lowest BCUT2D eigenvalue weighted by Crippen LogP contribution is -2.10. The van der Waals surface area contributed by atoms with Crippen LogP contribution in [0.15, 0.2) is 10.7 Å². The highest BCUT2D eigenvalue weighted by Gasteiger charge is 2.03. The van der Waals surface area contributed by atoms with Crippen LogP contribution in [-0.4, -0.2) is 45.6 Å². The van der Waals surface area contributed by atoms with Gasteiger partial charge >= 0.3 is 6.08 Å². The predicted molar refractivity (Wildman–Crippen MR) is 57.5 cm³/mol. The largest absolute Gasteiger partial charge is 0.448 e. The van der Waals surface area contributed by atoms with Crippen LogP contribution in [0.3, 0.4) is 0 Å². The van der Waals surface area contributed by atoms with E-state index >= 15 is 0 Å². The van der Waals surface area contributed by atoms with Gasteiger partial charge in [-0.25, -0.2) is 0 Å². The van der Waals surface area contributed by atoms with E-state index in [2.05, 4.69) is 10.3 Å². The van der Waals surface area contributed by atoms with Crippen LogP contribution in [0.4, 0.5) is 0 Å². The zero-order valence-electron chi connectivity index (χ0n) is 9.69. The van der Waals surface area contributed by atoms with Crippen molar-refractivity contribution in [1.82, 2.24) is 10.3 Å². The van der Waals surface area contributed by atoms with Crippen molar-refractivity contribution in [1.29, 1.82) is 0 Å². The Hall–Kier alpha value is -1.11. The molecule has 0 amide bonds. The molecule has 92 valence electrons. The Morgan fingerprint density at radius 3 is 2.88 bits per heavy atom. The molecule has 0 unspecified atom stereocenters. The van der Waals surface area contributed by atoms with Gasteiger partial charge < -0.3 is 23.9 Å². The summed E-state index contributed by atoms with van der Waals surface area (Å²) in [5.74, 6) is 0. The van der Waals surface area contributed by atoms with Crippen molar-refractivity contribution in [2.45, 2.75) is 6.54 Å². The number of oxazole rings is 1. The molecule has 0 saturated carbocycles. The highest BCUT2D eigenvalue weighted by atomic mass is 16.6. The molecule has 0 aliphatic heterocycles. The summed E-state index contributed by atoms with van der Waals surface area (Å²) in [6.45, 7) is 2.73. The molecule has 6 nitrogen and oxygen atoms in total. The van der Waals surface area contributed by atoms with Crippen molar-refractivity contribution in [2.75, 3.05) is 40.6 Å². The second kappa shape index (κ2) is 8.09. The Bertz CT molecular complexity index is 278. The lowest BCUT2D eigenvalue weighted by molar-refractivity contribution is 0.0489. The molecule has 0 atom stereocenters. The monoisotopic (exact) mass is 230 g/mol. The minimum atomic E-state index is 0.278. The molecule has 0 bridgehead atoms. The molecule has 1 aromatic heterocycles. The first-order valence-corrected chi connectivity index (χ1v) is 5.15. The van der Waals surface area contributed by atoms with Gasteiger partial charge in [0, 0.05) is 13.7 Å². The summed E-state index contributed by atoms with van der Waals surface area (Å²) in [7, 11) is 3.48. The van der Waals surface area contributed by atoms with Crippen LogP contribution >= 0.6 is 0 Å². The fourth-order valence-corrected chi connectivity index (χ4v) is 1.05. The molecule has 0 spiro atoms. The normalized spacial score (nSPS) is 10.6. The van der Waals surface area contributed by atoms with E-state index in [0.717, 1.165) is 5.69 Å². The first kappa shape index (κ1) is 13.0. The smallest absolute Gasteiger partial charge is 0.393 e. The lowest BCUT2D eigenvalue weighted by Gasteiger charge is -2.02. The van der Waals surface area contributed by atoms with Gasteiger partial charge in [-0.05, 0) is 7.05 Å². The average Bonchev–Trinajstić information content (AvgIpc) is 2.72. The molecule has 1 aromatic rings. The number of methoxy groups -OCH3 is 1. The van der Waals surface area contributed by atoms with Crippen LogP contribution in [0.25, 0.3) is 0 Å². The number of ether oxygens (including phenoxy) is 3. The van der Waals surface area contributed by atoms with Gasteiger partial charge in [-0.2, -0.15) is 4.98 Å². The predicted octanol–water partition coefficient (Wildman–Crippen LogP) is 0.436. The van der Waals surface area contributed by atoms with Crippen LogP contribution in [-0.2, 0) is 16.0 Å². The van der Waals surface area contributed by atoms with Crippen LogP contribution in [0.2, 0.25) is 0 Å². The fourth-order valence-electron chi connectivity index (χ4n) is 1.05. The summed E-state index contributed by atoms with van der Waals surface area (Å²) in [4.78, 5) is 4.10. The number of rotatable bonds is 9. The molecule has 0 aliphatic rings. The highest BCUT2D eigenvalue weighted by molar-refractivity contribution is 4.99. The molecule has 0 saturated heterocycles. The fraction of sp³-hybridized carbons (Fsp3) is 0.700. The van der Waals surface area contributed by atoms with E-state index in [9.17, 15) is 0 Å². The summed E-state index contributed by atoms with van der Waals surface area (Å²) in [5, 5.41) is 2.97. The van der Waals surface area contributed by atoms with E-state index < -0.39 is 0 Å². The number of hydrogen-bond acceptors (Lipinski definition) is 6. The highest BCUT2D eigenvalue weighted by Crippen LogP contribution is 2.09. The maximum Gasteiger partial charge on any atom is 0.393 e. The van der Waals surface area contributed by atoms with E-state index in [1.807, 2.05) is 7.05 Å². The molecular formula is C10H18N2O4. The number of aromatic nitrogens is 1. The third-order valence-electron chi connectivity index (χ3n) is 1.77.